The Bertz CT molecular complexity index is 445. The van der Waals surface area contributed by atoms with Crippen molar-refractivity contribution >= 4 is 22.4 Å². The molecular weight excluding hydrogens is 264 g/mol. The van der Waals surface area contributed by atoms with Crippen molar-refractivity contribution in [3.05, 3.63) is 11.1 Å². The number of carbonyl (C=O) groups is 1. The first-order chi connectivity index (χ1) is 9.03. The Morgan fingerprint density at radius 3 is 3.11 bits per heavy atom. The number of morpholine rings is 1. The molecule has 1 fully saturated rings. The van der Waals surface area contributed by atoms with E-state index in [2.05, 4.69) is 23.7 Å². The standard InChI is InChI=1S/C13H20N2O3S/c1-4-18-11(16)7-10-8-19-12(14-10)15-5-6-17-9-13(15,2)3/h8H,4-7,9H2,1-3H3. The Kier molecular flexibility index (Phi) is 4.42. The van der Waals surface area contributed by atoms with E-state index in [9.17, 15) is 4.79 Å². The number of thiazole rings is 1. The van der Waals surface area contributed by atoms with E-state index in [-0.39, 0.29) is 17.9 Å². The highest BCUT2D eigenvalue weighted by molar-refractivity contribution is 7.13. The molecule has 0 atom stereocenters. The van der Waals surface area contributed by atoms with E-state index in [1.165, 1.54) is 0 Å². The Hall–Kier alpha value is -1.14. The predicted molar refractivity (Wildman–Crippen MR) is 74.7 cm³/mol. The molecular formula is C13H20N2O3S. The van der Waals surface area contributed by atoms with E-state index in [1.807, 2.05) is 5.38 Å². The lowest BCUT2D eigenvalue weighted by molar-refractivity contribution is -0.142. The van der Waals surface area contributed by atoms with Crippen LogP contribution in [-0.2, 0) is 20.7 Å². The van der Waals surface area contributed by atoms with Crippen molar-refractivity contribution in [3.8, 4) is 0 Å². The molecule has 1 aliphatic heterocycles. The van der Waals surface area contributed by atoms with Gasteiger partial charge in [0.2, 0.25) is 0 Å². The van der Waals surface area contributed by atoms with E-state index in [0.29, 0.717) is 13.2 Å². The quantitative estimate of drug-likeness (QED) is 0.790. The van der Waals surface area contributed by atoms with Crippen LogP contribution in [0.3, 0.4) is 0 Å². The number of ether oxygens (including phenoxy) is 2. The first kappa shape index (κ1) is 14.3. The topological polar surface area (TPSA) is 51.7 Å². The molecule has 0 bridgehead atoms. The smallest absolute Gasteiger partial charge is 0.311 e. The third-order valence-corrected chi connectivity index (χ3v) is 3.96. The Morgan fingerprint density at radius 1 is 1.63 bits per heavy atom. The Balaban J connectivity index is 2.05. The van der Waals surface area contributed by atoms with Crippen LogP contribution < -0.4 is 4.90 Å². The molecule has 0 amide bonds. The van der Waals surface area contributed by atoms with Crippen LogP contribution in [-0.4, -0.2) is 42.9 Å². The number of hydrogen-bond acceptors (Lipinski definition) is 6. The van der Waals surface area contributed by atoms with Crippen LogP contribution in [0.4, 0.5) is 5.13 Å². The molecule has 0 aliphatic carbocycles. The molecule has 2 heterocycles. The number of hydrogen-bond donors (Lipinski definition) is 0. The average molecular weight is 284 g/mol. The van der Waals surface area contributed by atoms with Gasteiger partial charge in [0.15, 0.2) is 5.13 Å². The van der Waals surface area contributed by atoms with E-state index in [4.69, 9.17) is 9.47 Å². The fourth-order valence-corrected chi connectivity index (χ4v) is 3.09. The molecule has 6 heteroatoms. The highest BCUT2D eigenvalue weighted by Gasteiger charge is 2.32. The van der Waals surface area contributed by atoms with Crippen molar-refractivity contribution in [1.82, 2.24) is 4.98 Å². The molecule has 0 unspecified atom stereocenters. The maximum Gasteiger partial charge on any atom is 0.311 e. The van der Waals surface area contributed by atoms with E-state index in [0.717, 1.165) is 24.0 Å². The summed E-state index contributed by atoms with van der Waals surface area (Å²) in [5.74, 6) is -0.222. The van der Waals surface area contributed by atoms with E-state index in [1.54, 1.807) is 18.3 Å². The lowest BCUT2D eigenvalue weighted by atomic mass is 10.0. The van der Waals surface area contributed by atoms with Crippen LogP contribution in [0.15, 0.2) is 5.38 Å². The molecule has 19 heavy (non-hydrogen) atoms. The molecule has 5 nitrogen and oxygen atoms in total. The predicted octanol–water partition coefficient (Wildman–Crippen LogP) is 1.86. The summed E-state index contributed by atoms with van der Waals surface area (Å²) in [5.41, 5.74) is 0.720. The zero-order chi connectivity index (χ0) is 13.9. The Morgan fingerprint density at radius 2 is 2.42 bits per heavy atom. The van der Waals surface area contributed by atoms with Gasteiger partial charge in [-0.15, -0.1) is 11.3 Å². The molecule has 0 radical (unpaired) electrons. The van der Waals surface area contributed by atoms with E-state index < -0.39 is 0 Å². The van der Waals surface area contributed by atoms with Gasteiger partial charge in [0.05, 0.1) is 37.5 Å². The van der Waals surface area contributed by atoms with Crippen molar-refractivity contribution in [2.75, 3.05) is 31.3 Å². The monoisotopic (exact) mass is 284 g/mol. The average Bonchev–Trinajstić information content (AvgIpc) is 2.76. The molecule has 1 saturated heterocycles. The van der Waals surface area contributed by atoms with Crippen molar-refractivity contribution < 1.29 is 14.3 Å². The van der Waals surface area contributed by atoms with Gasteiger partial charge in [0.25, 0.3) is 0 Å². The molecule has 0 spiro atoms. The number of esters is 1. The van der Waals surface area contributed by atoms with Crippen molar-refractivity contribution in [2.45, 2.75) is 32.7 Å². The molecule has 1 aromatic heterocycles. The number of carbonyl (C=O) groups excluding carboxylic acids is 1. The molecule has 2 rings (SSSR count). The van der Waals surface area contributed by atoms with Gasteiger partial charge in [0, 0.05) is 11.9 Å². The van der Waals surface area contributed by atoms with Gasteiger partial charge >= 0.3 is 5.97 Å². The fourth-order valence-electron chi connectivity index (χ4n) is 2.07. The number of rotatable bonds is 4. The van der Waals surface area contributed by atoms with Crippen molar-refractivity contribution in [2.24, 2.45) is 0 Å². The van der Waals surface area contributed by atoms with E-state index >= 15 is 0 Å². The molecule has 0 saturated carbocycles. The molecule has 0 N–H and O–H groups in total. The molecule has 106 valence electrons. The van der Waals surface area contributed by atoms with Crippen LogP contribution in [0.1, 0.15) is 26.5 Å². The second kappa shape index (κ2) is 5.88. The third-order valence-electron chi connectivity index (χ3n) is 3.05. The summed E-state index contributed by atoms with van der Waals surface area (Å²) in [6, 6.07) is 0. The lowest BCUT2D eigenvalue weighted by Crippen LogP contribution is -2.53. The van der Waals surface area contributed by atoms with Crippen LogP contribution in [0.5, 0.6) is 0 Å². The lowest BCUT2D eigenvalue weighted by Gasteiger charge is -2.42. The zero-order valence-corrected chi connectivity index (χ0v) is 12.5. The van der Waals surface area contributed by atoms with Gasteiger partial charge in [-0.25, -0.2) is 4.98 Å². The van der Waals surface area contributed by atoms with Gasteiger partial charge in [-0.3, -0.25) is 4.79 Å². The maximum absolute atomic E-state index is 11.4. The van der Waals surface area contributed by atoms with Crippen LogP contribution in [0.25, 0.3) is 0 Å². The van der Waals surface area contributed by atoms with Crippen molar-refractivity contribution in [1.29, 1.82) is 0 Å². The first-order valence-corrected chi connectivity index (χ1v) is 7.36. The summed E-state index contributed by atoms with van der Waals surface area (Å²) in [4.78, 5) is 18.2. The largest absolute Gasteiger partial charge is 0.466 e. The number of anilines is 1. The highest BCUT2D eigenvalue weighted by atomic mass is 32.1. The summed E-state index contributed by atoms with van der Waals surface area (Å²) in [7, 11) is 0. The minimum absolute atomic E-state index is 0.0582. The molecule has 1 aliphatic rings. The first-order valence-electron chi connectivity index (χ1n) is 6.48. The van der Waals surface area contributed by atoms with Gasteiger partial charge < -0.3 is 14.4 Å². The maximum atomic E-state index is 11.4. The molecule has 0 aromatic carbocycles. The van der Waals surface area contributed by atoms with Gasteiger partial charge in [-0.05, 0) is 20.8 Å². The number of nitrogens with zero attached hydrogens (tertiary/aromatic N) is 2. The van der Waals surface area contributed by atoms with Gasteiger partial charge in [0.1, 0.15) is 0 Å². The Labute approximate surface area is 117 Å². The summed E-state index contributed by atoms with van der Waals surface area (Å²) in [6.07, 6.45) is 0.245. The summed E-state index contributed by atoms with van der Waals surface area (Å²) >= 11 is 1.57. The summed E-state index contributed by atoms with van der Waals surface area (Å²) in [5, 5.41) is 2.88. The summed E-state index contributed by atoms with van der Waals surface area (Å²) in [6.45, 7) is 8.74. The minimum Gasteiger partial charge on any atom is -0.466 e. The fraction of sp³-hybridized carbons (Fsp3) is 0.692. The van der Waals surface area contributed by atoms with Gasteiger partial charge in [-0.1, -0.05) is 0 Å². The normalized spacial score (nSPS) is 18.4. The van der Waals surface area contributed by atoms with Crippen molar-refractivity contribution in [3.63, 3.8) is 0 Å². The van der Waals surface area contributed by atoms with Crippen LogP contribution >= 0.6 is 11.3 Å². The SMILES string of the molecule is CCOC(=O)Cc1csc(N2CCOCC2(C)C)n1. The summed E-state index contributed by atoms with van der Waals surface area (Å²) < 4.78 is 10.4. The highest BCUT2D eigenvalue weighted by Crippen LogP contribution is 2.29. The van der Waals surface area contributed by atoms with Crippen LogP contribution in [0.2, 0.25) is 0 Å². The van der Waals surface area contributed by atoms with Crippen LogP contribution in [0, 0.1) is 0 Å². The second-order valence-electron chi connectivity index (χ2n) is 5.12. The zero-order valence-electron chi connectivity index (χ0n) is 11.6. The second-order valence-corrected chi connectivity index (χ2v) is 5.96. The van der Waals surface area contributed by atoms with Gasteiger partial charge in [-0.2, -0.15) is 0 Å². The minimum atomic E-state index is -0.222. The third kappa shape index (κ3) is 3.45. The number of aromatic nitrogens is 1. The molecule has 1 aromatic rings.